The number of carbonyl (C=O) groups is 1. The molecule has 0 aliphatic carbocycles. The monoisotopic (exact) mass is 347 g/mol. The van der Waals surface area contributed by atoms with Gasteiger partial charge in [0.25, 0.3) is 0 Å². The average molecular weight is 347 g/mol. The first-order valence-electron chi connectivity index (χ1n) is 8.65. The predicted octanol–water partition coefficient (Wildman–Crippen LogP) is 3.72. The van der Waals surface area contributed by atoms with Gasteiger partial charge in [-0.3, -0.25) is 9.48 Å². The van der Waals surface area contributed by atoms with Crippen LogP contribution in [0.3, 0.4) is 0 Å². The number of hydrogen-bond donors (Lipinski definition) is 0. The molecule has 0 spiro atoms. The first-order chi connectivity index (χ1) is 12.5. The van der Waals surface area contributed by atoms with Crippen LogP contribution in [0.15, 0.2) is 48.7 Å². The van der Waals surface area contributed by atoms with Gasteiger partial charge in [0.2, 0.25) is 5.91 Å². The predicted molar refractivity (Wildman–Crippen MR) is 101 cm³/mol. The number of hydrogen-bond acceptors (Lipinski definition) is 3. The van der Waals surface area contributed by atoms with Crippen LogP contribution >= 0.6 is 0 Å². The van der Waals surface area contributed by atoms with E-state index in [1.807, 2.05) is 42.5 Å². The maximum atomic E-state index is 12.8. The number of rotatable bonds is 3. The molecule has 2 heterocycles. The van der Waals surface area contributed by atoms with Crippen molar-refractivity contribution in [3.05, 3.63) is 65.4 Å². The Kier molecular flexibility index (Phi) is 3.99. The van der Waals surface area contributed by atoms with Crippen LogP contribution in [-0.4, -0.2) is 22.7 Å². The molecule has 2 aromatic carbocycles. The molecule has 0 unspecified atom stereocenters. The molecule has 1 aromatic heterocycles. The summed E-state index contributed by atoms with van der Waals surface area (Å²) in [5.41, 5.74) is 6.23. The van der Waals surface area contributed by atoms with Crippen molar-refractivity contribution in [1.29, 1.82) is 0 Å². The number of aryl methyl sites for hydroxylation is 2. The summed E-state index contributed by atoms with van der Waals surface area (Å²) in [6.45, 7) is 4.79. The Labute approximate surface area is 152 Å². The number of ether oxygens (including phenoxy) is 1. The molecule has 0 saturated carbocycles. The molecule has 4 rings (SSSR count). The Balaban J connectivity index is 1.62. The van der Waals surface area contributed by atoms with Crippen LogP contribution in [-0.2, 0) is 17.9 Å². The summed E-state index contributed by atoms with van der Waals surface area (Å²) in [6.07, 6.45) is 1.79. The van der Waals surface area contributed by atoms with Gasteiger partial charge < -0.3 is 9.64 Å². The summed E-state index contributed by atoms with van der Waals surface area (Å²) in [6, 6.07) is 13.9. The van der Waals surface area contributed by atoms with Gasteiger partial charge in [0.1, 0.15) is 18.9 Å². The highest BCUT2D eigenvalue weighted by Gasteiger charge is 2.23. The first kappa shape index (κ1) is 16.4. The number of anilines is 1. The smallest absolute Gasteiger partial charge is 0.248 e. The molecule has 0 radical (unpaired) electrons. The minimum atomic E-state index is -0.0110. The maximum Gasteiger partial charge on any atom is 0.248 e. The van der Waals surface area contributed by atoms with Gasteiger partial charge in [0, 0.05) is 23.9 Å². The van der Waals surface area contributed by atoms with Crippen LogP contribution < -0.4 is 9.64 Å². The molecule has 0 bridgehead atoms. The molecule has 5 nitrogen and oxygen atoms in total. The molecule has 0 fully saturated rings. The second kappa shape index (κ2) is 6.33. The van der Waals surface area contributed by atoms with Crippen molar-refractivity contribution in [2.24, 2.45) is 0 Å². The van der Waals surface area contributed by atoms with Gasteiger partial charge in [-0.1, -0.05) is 18.2 Å². The first-order valence-corrected chi connectivity index (χ1v) is 8.65. The van der Waals surface area contributed by atoms with Crippen molar-refractivity contribution in [1.82, 2.24) is 9.78 Å². The zero-order valence-electron chi connectivity index (χ0n) is 15.2. The van der Waals surface area contributed by atoms with Crippen molar-refractivity contribution in [3.8, 4) is 17.0 Å². The van der Waals surface area contributed by atoms with E-state index >= 15 is 0 Å². The SMILES string of the molecule is Cc1ccc(N(C)C(=O)Cn2ncc3c2-c2ccccc2OC3)cc1C. The number of likely N-dealkylation sites (N-methyl/N-ethyl adjacent to an activating group) is 1. The molecule has 0 atom stereocenters. The number of benzene rings is 2. The van der Waals surface area contributed by atoms with E-state index in [2.05, 4.69) is 18.9 Å². The standard InChI is InChI=1S/C21H21N3O2/c1-14-8-9-17(10-15(14)2)23(3)20(25)12-24-21-16(11-22-24)13-26-19-7-5-4-6-18(19)21/h4-11H,12-13H2,1-3H3. The fourth-order valence-electron chi connectivity index (χ4n) is 3.22. The highest BCUT2D eigenvalue weighted by molar-refractivity contribution is 5.93. The second-order valence-electron chi connectivity index (χ2n) is 6.68. The van der Waals surface area contributed by atoms with Crippen LogP contribution in [0.4, 0.5) is 5.69 Å². The Morgan fingerprint density at radius 3 is 2.81 bits per heavy atom. The van der Waals surface area contributed by atoms with Gasteiger partial charge in [0.05, 0.1) is 11.9 Å². The molecule has 5 heteroatoms. The van der Waals surface area contributed by atoms with Gasteiger partial charge in [-0.15, -0.1) is 0 Å². The van der Waals surface area contributed by atoms with E-state index in [-0.39, 0.29) is 12.5 Å². The third-order valence-electron chi connectivity index (χ3n) is 4.98. The molecule has 1 aliphatic heterocycles. The van der Waals surface area contributed by atoms with Crippen LogP contribution in [0.1, 0.15) is 16.7 Å². The molecular formula is C21H21N3O2. The Morgan fingerprint density at radius 1 is 1.19 bits per heavy atom. The van der Waals surface area contributed by atoms with Gasteiger partial charge in [-0.2, -0.15) is 5.10 Å². The van der Waals surface area contributed by atoms with E-state index in [4.69, 9.17) is 4.74 Å². The molecule has 1 amide bonds. The minimum absolute atomic E-state index is 0.0110. The van der Waals surface area contributed by atoms with Crippen LogP contribution in [0, 0.1) is 13.8 Å². The molecule has 0 saturated heterocycles. The van der Waals surface area contributed by atoms with E-state index in [0.717, 1.165) is 28.3 Å². The lowest BCUT2D eigenvalue weighted by Crippen LogP contribution is -2.30. The van der Waals surface area contributed by atoms with Gasteiger partial charge >= 0.3 is 0 Å². The lowest BCUT2D eigenvalue weighted by atomic mass is 10.0. The molecule has 1 aliphatic rings. The van der Waals surface area contributed by atoms with E-state index in [1.165, 1.54) is 11.1 Å². The summed E-state index contributed by atoms with van der Waals surface area (Å²) >= 11 is 0. The average Bonchev–Trinajstić information content (AvgIpc) is 3.06. The Morgan fingerprint density at radius 2 is 2.00 bits per heavy atom. The second-order valence-corrected chi connectivity index (χ2v) is 6.68. The third kappa shape index (κ3) is 2.75. The summed E-state index contributed by atoms with van der Waals surface area (Å²) in [5.74, 6) is 0.819. The quantitative estimate of drug-likeness (QED) is 0.725. The topological polar surface area (TPSA) is 47.4 Å². The van der Waals surface area contributed by atoms with Gasteiger partial charge in [-0.05, 0) is 49.2 Å². The van der Waals surface area contributed by atoms with E-state index in [1.54, 1.807) is 22.8 Å². The molecule has 0 N–H and O–H groups in total. The minimum Gasteiger partial charge on any atom is -0.488 e. The summed E-state index contributed by atoms with van der Waals surface area (Å²) in [5, 5.41) is 4.43. The number of amides is 1. The number of aromatic nitrogens is 2. The van der Waals surface area contributed by atoms with E-state index < -0.39 is 0 Å². The fourth-order valence-corrected chi connectivity index (χ4v) is 3.22. The fraction of sp³-hybridized carbons (Fsp3) is 0.238. The lowest BCUT2D eigenvalue weighted by Gasteiger charge is -2.21. The van der Waals surface area contributed by atoms with Crippen LogP contribution in [0.25, 0.3) is 11.3 Å². The normalized spacial score (nSPS) is 12.1. The van der Waals surface area contributed by atoms with Crippen LogP contribution in [0.2, 0.25) is 0 Å². The lowest BCUT2D eigenvalue weighted by molar-refractivity contribution is -0.119. The zero-order valence-corrected chi connectivity index (χ0v) is 15.2. The molecule has 26 heavy (non-hydrogen) atoms. The van der Waals surface area contributed by atoms with E-state index in [9.17, 15) is 4.79 Å². The van der Waals surface area contributed by atoms with Crippen LogP contribution in [0.5, 0.6) is 5.75 Å². The Bertz CT molecular complexity index is 991. The summed E-state index contributed by atoms with van der Waals surface area (Å²) in [4.78, 5) is 14.5. The highest BCUT2D eigenvalue weighted by atomic mass is 16.5. The van der Waals surface area contributed by atoms with Crippen molar-refractivity contribution in [2.45, 2.75) is 27.0 Å². The third-order valence-corrected chi connectivity index (χ3v) is 4.98. The van der Waals surface area contributed by atoms with Crippen molar-refractivity contribution in [2.75, 3.05) is 11.9 Å². The molecule has 3 aromatic rings. The van der Waals surface area contributed by atoms with Gasteiger partial charge in [0.15, 0.2) is 0 Å². The number of nitrogens with zero attached hydrogens (tertiary/aromatic N) is 3. The van der Waals surface area contributed by atoms with Crippen molar-refractivity contribution >= 4 is 11.6 Å². The largest absolute Gasteiger partial charge is 0.488 e. The van der Waals surface area contributed by atoms with Crippen molar-refractivity contribution < 1.29 is 9.53 Å². The summed E-state index contributed by atoms with van der Waals surface area (Å²) < 4.78 is 7.54. The number of para-hydroxylation sites is 1. The number of fused-ring (bicyclic) bond motifs is 3. The Hall–Kier alpha value is -3.08. The number of carbonyl (C=O) groups excluding carboxylic acids is 1. The molecular weight excluding hydrogens is 326 g/mol. The van der Waals surface area contributed by atoms with Gasteiger partial charge in [-0.25, -0.2) is 0 Å². The highest BCUT2D eigenvalue weighted by Crippen LogP contribution is 2.37. The van der Waals surface area contributed by atoms with Crippen molar-refractivity contribution in [3.63, 3.8) is 0 Å². The molecule has 132 valence electrons. The van der Waals surface area contributed by atoms with E-state index in [0.29, 0.717) is 6.61 Å². The maximum absolute atomic E-state index is 12.8. The summed E-state index contributed by atoms with van der Waals surface area (Å²) in [7, 11) is 1.81. The zero-order chi connectivity index (χ0) is 18.3.